The molecule has 1 amide bonds. The summed E-state index contributed by atoms with van der Waals surface area (Å²) in [4.78, 5) is 12.2. The van der Waals surface area contributed by atoms with Crippen molar-refractivity contribution < 1.29 is 26.4 Å². The normalized spacial score (nSPS) is 11.9. The summed E-state index contributed by atoms with van der Waals surface area (Å²) in [6.07, 6.45) is -2.87. The first kappa shape index (κ1) is 21.4. The van der Waals surface area contributed by atoms with Gasteiger partial charge in [0.1, 0.15) is 5.69 Å². The number of aromatic nitrogens is 1. The number of hydrogen-bond acceptors (Lipinski definition) is 3. The lowest BCUT2D eigenvalue weighted by molar-refractivity contribution is -0.137. The molecule has 10 heteroatoms. The molecule has 2 aromatic carbocycles. The smallest absolute Gasteiger partial charge is 0.347 e. The van der Waals surface area contributed by atoms with Crippen molar-refractivity contribution in [3.63, 3.8) is 0 Å². The van der Waals surface area contributed by atoms with E-state index in [0.29, 0.717) is 16.9 Å². The number of nitrogens with one attached hydrogen (secondary N) is 2. The SMILES string of the molecule is Cc1cc(NC(=O)c2cccn2C)ccc1S(=O)(=O)Nc1cccc(C(F)(F)F)c1. The van der Waals surface area contributed by atoms with Crippen LogP contribution >= 0.6 is 0 Å². The Morgan fingerprint density at radius 1 is 1.00 bits per heavy atom. The Kier molecular flexibility index (Phi) is 5.62. The number of nitrogens with zero attached hydrogens (tertiary/aromatic N) is 1. The van der Waals surface area contributed by atoms with E-state index in [1.165, 1.54) is 31.2 Å². The second-order valence-electron chi connectivity index (χ2n) is 6.62. The second kappa shape index (κ2) is 7.86. The number of sulfonamides is 1. The molecule has 0 aliphatic carbocycles. The summed E-state index contributed by atoms with van der Waals surface area (Å²) in [7, 11) is -2.42. The monoisotopic (exact) mass is 437 g/mol. The Hall–Kier alpha value is -3.27. The standard InChI is InChI=1S/C20H18F3N3O3S/c1-13-11-15(24-19(27)17-7-4-10-26(17)2)8-9-18(13)30(28,29)25-16-6-3-5-14(12-16)20(21,22)23/h3-12,25H,1-2H3,(H,24,27). The third-order valence-electron chi connectivity index (χ3n) is 4.34. The van der Waals surface area contributed by atoms with Crippen molar-refractivity contribution >= 4 is 27.3 Å². The number of alkyl halides is 3. The van der Waals surface area contributed by atoms with Gasteiger partial charge in [0.25, 0.3) is 15.9 Å². The van der Waals surface area contributed by atoms with Crippen LogP contribution in [0.25, 0.3) is 0 Å². The Morgan fingerprint density at radius 2 is 1.73 bits per heavy atom. The molecule has 0 atom stereocenters. The highest BCUT2D eigenvalue weighted by Gasteiger charge is 2.30. The first-order valence-corrected chi connectivity index (χ1v) is 10.2. The summed E-state index contributed by atoms with van der Waals surface area (Å²) >= 11 is 0. The molecule has 3 rings (SSSR count). The molecule has 1 aromatic heterocycles. The number of amides is 1. The van der Waals surface area contributed by atoms with Crippen molar-refractivity contribution in [1.29, 1.82) is 0 Å². The molecule has 3 aromatic rings. The van der Waals surface area contributed by atoms with E-state index in [0.717, 1.165) is 18.2 Å². The van der Waals surface area contributed by atoms with Gasteiger partial charge in [0.05, 0.1) is 10.5 Å². The van der Waals surface area contributed by atoms with E-state index in [1.807, 2.05) is 0 Å². The van der Waals surface area contributed by atoms with E-state index < -0.39 is 21.8 Å². The summed E-state index contributed by atoms with van der Waals surface area (Å²) in [6, 6.07) is 11.5. The molecule has 0 radical (unpaired) electrons. The van der Waals surface area contributed by atoms with E-state index in [2.05, 4.69) is 10.0 Å². The lowest BCUT2D eigenvalue weighted by Gasteiger charge is -2.14. The molecule has 2 N–H and O–H groups in total. The molecule has 30 heavy (non-hydrogen) atoms. The van der Waals surface area contributed by atoms with Gasteiger partial charge in [0, 0.05) is 24.6 Å². The Morgan fingerprint density at radius 3 is 2.33 bits per heavy atom. The summed E-state index contributed by atoms with van der Waals surface area (Å²) in [6.45, 7) is 1.53. The van der Waals surface area contributed by atoms with E-state index in [9.17, 15) is 26.4 Å². The maximum absolute atomic E-state index is 12.9. The average Bonchev–Trinajstić information content (AvgIpc) is 3.07. The molecule has 0 saturated heterocycles. The van der Waals surface area contributed by atoms with E-state index in [4.69, 9.17) is 0 Å². The lowest BCUT2D eigenvalue weighted by atomic mass is 10.2. The lowest BCUT2D eigenvalue weighted by Crippen LogP contribution is -2.17. The molecule has 0 fully saturated rings. The molecular weight excluding hydrogens is 419 g/mol. The van der Waals surface area contributed by atoms with Crippen LogP contribution in [-0.2, 0) is 23.2 Å². The van der Waals surface area contributed by atoms with Crippen molar-refractivity contribution in [2.24, 2.45) is 7.05 Å². The second-order valence-corrected chi connectivity index (χ2v) is 8.27. The predicted octanol–water partition coefficient (Wildman–Crippen LogP) is 4.41. The van der Waals surface area contributed by atoms with Crippen LogP contribution in [0.15, 0.2) is 65.7 Å². The minimum absolute atomic E-state index is 0.114. The van der Waals surface area contributed by atoms with Gasteiger partial charge < -0.3 is 9.88 Å². The summed E-state index contributed by atoms with van der Waals surface area (Å²) < 4.78 is 67.7. The molecular formula is C20H18F3N3O3S. The van der Waals surface area contributed by atoms with Crippen LogP contribution in [0.3, 0.4) is 0 Å². The summed E-state index contributed by atoms with van der Waals surface area (Å²) in [5, 5.41) is 2.68. The van der Waals surface area contributed by atoms with Crippen LogP contribution in [-0.4, -0.2) is 18.9 Å². The number of benzene rings is 2. The van der Waals surface area contributed by atoms with Crippen LogP contribution in [0.1, 0.15) is 21.6 Å². The summed E-state index contributed by atoms with van der Waals surface area (Å²) in [5.41, 5.74) is -0.0325. The number of anilines is 2. The largest absolute Gasteiger partial charge is 0.416 e. The van der Waals surface area contributed by atoms with Crippen molar-refractivity contribution in [2.75, 3.05) is 10.0 Å². The van der Waals surface area contributed by atoms with Gasteiger partial charge in [-0.05, 0) is 61.0 Å². The molecule has 0 aliphatic rings. The zero-order valence-electron chi connectivity index (χ0n) is 16.0. The first-order chi connectivity index (χ1) is 14.0. The maximum Gasteiger partial charge on any atom is 0.416 e. The number of aryl methyl sites for hydroxylation is 2. The maximum atomic E-state index is 12.9. The van der Waals surface area contributed by atoms with E-state index in [1.54, 1.807) is 29.9 Å². The zero-order valence-corrected chi connectivity index (χ0v) is 16.8. The molecule has 0 unspecified atom stereocenters. The molecule has 0 spiro atoms. The number of carbonyl (C=O) groups excluding carboxylic acids is 1. The molecule has 0 aliphatic heterocycles. The average molecular weight is 437 g/mol. The van der Waals surface area contributed by atoms with Crippen LogP contribution in [0.2, 0.25) is 0 Å². The van der Waals surface area contributed by atoms with Gasteiger partial charge in [0.15, 0.2) is 0 Å². The fourth-order valence-electron chi connectivity index (χ4n) is 2.89. The fraction of sp³-hybridized carbons (Fsp3) is 0.150. The Bertz CT molecular complexity index is 1200. The third-order valence-corrected chi connectivity index (χ3v) is 5.88. The van der Waals surface area contributed by atoms with Crippen LogP contribution in [0, 0.1) is 6.92 Å². The number of rotatable bonds is 5. The quantitative estimate of drug-likeness (QED) is 0.621. The minimum Gasteiger partial charge on any atom is -0.347 e. The van der Waals surface area contributed by atoms with Crippen LogP contribution < -0.4 is 10.0 Å². The van der Waals surface area contributed by atoms with Gasteiger partial charge in [-0.1, -0.05) is 6.07 Å². The topological polar surface area (TPSA) is 80.2 Å². The predicted molar refractivity (Wildman–Crippen MR) is 107 cm³/mol. The van der Waals surface area contributed by atoms with E-state index >= 15 is 0 Å². The van der Waals surface area contributed by atoms with Gasteiger partial charge in [-0.2, -0.15) is 13.2 Å². The minimum atomic E-state index is -4.59. The van der Waals surface area contributed by atoms with Crippen molar-refractivity contribution in [2.45, 2.75) is 18.0 Å². The molecule has 0 saturated carbocycles. The Labute approximate surface area is 171 Å². The highest BCUT2D eigenvalue weighted by Crippen LogP contribution is 2.31. The van der Waals surface area contributed by atoms with Crippen molar-refractivity contribution in [3.8, 4) is 0 Å². The number of carbonyl (C=O) groups is 1. The molecule has 158 valence electrons. The van der Waals surface area contributed by atoms with Crippen LogP contribution in [0.5, 0.6) is 0 Å². The van der Waals surface area contributed by atoms with Crippen molar-refractivity contribution in [3.05, 3.63) is 77.6 Å². The van der Waals surface area contributed by atoms with Gasteiger partial charge >= 0.3 is 6.18 Å². The summed E-state index contributed by atoms with van der Waals surface area (Å²) in [5.74, 6) is -0.361. The molecule has 1 heterocycles. The molecule has 6 nitrogen and oxygen atoms in total. The third kappa shape index (κ3) is 4.65. The first-order valence-electron chi connectivity index (χ1n) is 8.71. The highest BCUT2D eigenvalue weighted by molar-refractivity contribution is 7.92. The van der Waals surface area contributed by atoms with Gasteiger partial charge in [-0.3, -0.25) is 9.52 Å². The molecule has 0 bridgehead atoms. The highest BCUT2D eigenvalue weighted by atomic mass is 32.2. The number of hydrogen-bond donors (Lipinski definition) is 2. The van der Waals surface area contributed by atoms with Crippen LogP contribution in [0.4, 0.5) is 24.5 Å². The van der Waals surface area contributed by atoms with Gasteiger partial charge in [-0.25, -0.2) is 8.42 Å². The van der Waals surface area contributed by atoms with Gasteiger partial charge in [-0.15, -0.1) is 0 Å². The van der Waals surface area contributed by atoms with Gasteiger partial charge in [0.2, 0.25) is 0 Å². The van der Waals surface area contributed by atoms with E-state index in [-0.39, 0.29) is 16.5 Å². The fourth-order valence-corrected chi connectivity index (χ4v) is 4.17. The zero-order chi connectivity index (χ0) is 22.1. The number of halogens is 3. The Balaban J connectivity index is 1.82. The van der Waals surface area contributed by atoms with Crippen molar-refractivity contribution in [1.82, 2.24) is 4.57 Å².